The largest absolute Gasteiger partial charge is 0.476 e. The summed E-state index contributed by atoms with van der Waals surface area (Å²) in [6, 6.07) is 0. The molecule has 2 aliphatic heterocycles. The molecular weight excluding hydrogens is 186 g/mol. The van der Waals surface area contributed by atoms with Crippen molar-refractivity contribution in [2.75, 3.05) is 0 Å². The summed E-state index contributed by atoms with van der Waals surface area (Å²) in [5, 5.41) is 11.4. The van der Waals surface area contributed by atoms with Crippen molar-refractivity contribution < 1.29 is 14.7 Å². The van der Waals surface area contributed by atoms with Gasteiger partial charge in [0, 0.05) is 12.3 Å². The third-order valence-corrected chi connectivity index (χ3v) is 2.03. The molecule has 72 valence electrons. The molecule has 2 aliphatic rings. The van der Waals surface area contributed by atoms with Crippen LogP contribution < -0.4 is 11.1 Å². The second kappa shape index (κ2) is 2.69. The number of hydrogen-bond acceptors (Lipinski definition) is 5. The lowest BCUT2D eigenvalue weighted by molar-refractivity contribution is -0.129. The molecule has 6 heteroatoms. The SMILES string of the molecule is NC1=C2C(=O)C=CNC2N=C1C(=O)O. The number of fused-ring (bicyclic) bond motifs is 1. The van der Waals surface area contributed by atoms with Crippen molar-refractivity contribution in [3.05, 3.63) is 23.5 Å². The Balaban J connectivity index is 2.49. The Labute approximate surface area is 78.8 Å². The molecule has 2 heterocycles. The van der Waals surface area contributed by atoms with Crippen LogP contribution in [0.1, 0.15) is 0 Å². The zero-order chi connectivity index (χ0) is 10.3. The fourth-order valence-electron chi connectivity index (χ4n) is 1.40. The molecule has 0 saturated carbocycles. The number of nitrogens with zero attached hydrogens (tertiary/aromatic N) is 1. The minimum absolute atomic E-state index is 0.0515. The number of nitrogens with one attached hydrogen (secondary N) is 1. The number of carbonyl (C=O) groups excluding carboxylic acids is 1. The molecule has 0 spiro atoms. The molecule has 0 bridgehead atoms. The fourth-order valence-corrected chi connectivity index (χ4v) is 1.40. The summed E-state index contributed by atoms with van der Waals surface area (Å²) in [6.07, 6.45) is 2.08. The van der Waals surface area contributed by atoms with Gasteiger partial charge in [0.1, 0.15) is 0 Å². The van der Waals surface area contributed by atoms with Gasteiger partial charge in [0.2, 0.25) is 0 Å². The van der Waals surface area contributed by atoms with Crippen LogP contribution in [0.15, 0.2) is 28.5 Å². The highest BCUT2D eigenvalue weighted by molar-refractivity contribution is 6.44. The van der Waals surface area contributed by atoms with Gasteiger partial charge < -0.3 is 16.2 Å². The molecule has 0 aromatic heterocycles. The van der Waals surface area contributed by atoms with Crippen LogP contribution in [0.2, 0.25) is 0 Å². The van der Waals surface area contributed by atoms with Crippen molar-refractivity contribution >= 4 is 17.5 Å². The van der Waals surface area contributed by atoms with E-state index in [1.54, 1.807) is 0 Å². The molecule has 1 atom stereocenters. The fraction of sp³-hybridized carbons (Fsp3) is 0.125. The number of nitrogens with two attached hydrogens (primary N) is 1. The third kappa shape index (κ3) is 1.00. The smallest absolute Gasteiger partial charge is 0.356 e. The molecule has 0 aromatic rings. The first-order valence-corrected chi connectivity index (χ1v) is 3.89. The summed E-state index contributed by atoms with van der Waals surface area (Å²) in [4.78, 5) is 25.8. The Morgan fingerprint density at radius 2 is 2.36 bits per heavy atom. The predicted molar refractivity (Wildman–Crippen MR) is 47.4 cm³/mol. The topological polar surface area (TPSA) is 105 Å². The van der Waals surface area contributed by atoms with Crippen molar-refractivity contribution in [1.82, 2.24) is 5.32 Å². The average Bonchev–Trinajstić information content (AvgIpc) is 2.45. The highest BCUT2D eigenvalue weighted by Gasteiger charge is 2.34. The Hall–Kier alpha value is -2.11. The van der Waals surface area contributed by atoms with E-state index in [1.807, 2.05) is 0 Å². The van der Waals surface area contributed by atoms with E-state index in [9.17, 15) is 9.59 Å². The highest BCUT2D eigenvalue weighted by Crippen LogP contribution is 2.21. The quantitative estimate of drug-likeness (QED) is 0.482. The first kappa shape index (κ1) is 8.49. The standard InChI is InChI=1S/C8H7N3O3/c9-5-4-3(12)1-2-10-7(4)11-6(5)8(13)14/h1-2,7,10H,9H2,(H,13,14). The van der Waals surface area contributed by atoms with Gasteiger partial charge in [0.25, 0.3) is 0 Å². The van der Waals surface area contributed by atoms with Crippen LogP contribution in [0.25, 0.3) is 0 Å². The number of ketones is 1. The lowest BCUT2D eigenvalue weighted by Crippen LogP contribution is -2.31. The first-order valence-electron chi connectivity index (χ1n) is 3.89. The van der Waals surface area contributed by atoms with Gasteiger partial charge in [-0.25, -0.2) is 9.79 Å². The normalized spacial score (nSPS) is 24.4. The molecule has 0 fully saturated rings. The summed E-state index contributed by atoms with van der Waals surface area (Å²) < 4.78 is 0. The van der Waals surface area contributed by atoms with E-state index in [0.717, 1.165) is 0 Å². The molecule has 14 heavy (non-hydrogen) atoms. The monoisotopic (exact) mass is 193 g/mol. The molecule has 1 unspecified atom stereocenters. The van der Waals surface area contributed by atoms with Crippen molar-refractivity contribution in [2.24, 2.45) is 10.7 Å². The van der Waals surface area contributed by atoms with Crippen LogP contribution in [0.3, 0.4) is 0 Å². The maximum atomic E-state index is 11.3. The zero-order valence-electron chi connectivity index (χ0n) is 7.02. The summed E-state index contributed by atoms with van der Waals surface area (Å²) in [5.41, 5.74) is 5.40. The molecule has 0 amide bonds. The van der Waals surface area contributed by atoms with Crippen LogP contribution in [0.5, 0.6) is 0 Å². The minimum Gasteiger partial charge on any atom is -0.476 e. The van der Waals surface area contributed by atoms with E-state index >= 15 is 0 Å². The first-order chi connectivity index (χ1) is 6.61. The van der Waals surface area contributed by atoms with Gasteiger partial charge in [-0.05, 0) is 0 Å². The van der Waals surface area contributed by atoms with E-state index < -0.39 is 12.1 Å². The summed E-state index contributed by atoms with van der Waals surface area (Å²) in [5.74, 6) is -1.52. The summed E-state index contributed by atoms with van der Waals surface area (Å²) >= 11 is 0. The van der Waals surface area contributed by atoms with E-state index in [0.29, 0.717) is 0 Å². The van der Waals surface area contributed by atoms with E-state index in [1.165, 1.54) is 12.3 Å². The number of carboxylic acids is 1. The molecule has 0 saturated heterocycles. The maximum Gasteiger partial charge on any atom is 0.356 e. The van der Waals surface area contributed by atoms with Gasteiger partial charge in [0.05, 0.1) is 11.3 Å². The van der Waals surface area contributed by atoms with E-state index in [4.69, 9.17) is 10.8 Å². The maximum absolute atomic E-state index is 11.3. The van der Waals surface area contributed by atoms with Gasteiger partial charge in [-0.2, -0.15) is 0 Å². The van der Waals surface area contributed by atoms with Gasteiger partial charge in [0.15, 0.2) is 17.7 Å². The Kier molecular flexibility index (Phi) is 1.63. The number of rotatable bonds is 1. The third-order valence-electron chi connectivity index (χ3n) is 2.03. The van der Waals surface area contributed by atoms with Crippen LogP contribution in [-0.4, -0.2) is 28.7 Å². The molecule has 6 nitrogen and oxygen atoms in total. The van der Waals surface area contributed by atoms with E-state index in [2.05, 4.69) is 10.3 Å². The van der Waals surface area contributed by atoms with Gasteiger partial charge in [-0.1, -0.05) is 0 Å². The number of hydrogen-bond donors (Lipinski definition) is 3. The lowest BCUT2D eigenvalue weighted by Gasteiger charge is -2.14. The number of aliphatic carboxylic acids is 1. The van der Waals surface area contributed by atoms with Crippen LogP contribution in [0.4, 0.5) is 0 Å². The second-order valence-corrected chi connectivity index (χ2v) is 2.88. The summed E-state index contributed by atoms with van der Waals surface area (Å²) in [6.45, 7) is 0. The Bertz CT molecular complexity index is 420. The van der Waals surface area contributed by atoms with Crippen LogP contribution in [-0.2, 0) is 9.59 Å². The summed E-state index contributed by atoms with van der Waals surface area (Å²) in [7, 11) is 0. The lowest BCUT2D eigenvalue weighted by atomic mass is 10.0. The molecule has 4 N–H and O–H groups in total. The highest BCUT2D eigenvalue weighted by atomic mass is 16.4. The molecule has 2 rings (SSSR count). The minimum atomic E-state index is -1.22. The molecule has 0 radical (unpaired) electrons. The average molecular weight is 193 g/mol. The number of allylic oxidation sites excluding steroid dienone is 1. The van der Waals surface area contributed by atoms with Crippen molar-refractivity contribution in [2.45, 2.75) is 6.17 Å². The van der Waals surface area contributed by atoms with E-state index in [-0.39, 0.29) is 22.8 Å². The van der Waals surface area contributed by atoms with Crippen LogP contribution >= 0.6 is 0 Å². The van der Waals surface area contributed by atoms with Gasteiger partial charge >= 0.3 is 5.97 Å². The van der Waals surface area contributed by atoms with Crippen LogP contribution in [0, 0.1) is 0 Å². The zero-order valence-corrected chi connectivity index (χ0v) is 7.02. The van der Waals surface area contributed by atoms with Gasteiger partial charge in [-0.15, -0.1) is 0 Å². The van der Waals surface area contributed by atoms with Crippen molar-refractivity contribution in [3.63, 3.8) is 0 Å². The Morgan fingerprint density at radius 1 is 1.64 bits per heavy atom. The number of carbonyl (C=O) groups is 2. The molecule has 0 aromatic carbocycles. The number of aliphatic imine (C=N–C) groups is 1. The van der Waals surface area contributed by atoms with Crippen molar-refractivity contribution in [3.8, 4) is 0 Å². The molecule has 0 aliphatic carbocycles. The molecular formula is C8H7N3O3. The Morgan fingerprint density at radius 3 is 2.93 bits per heavy atom. The number of carboxylic acid groups (broad SMARTS) is 1. The van der Waals surface area contributed by atoms with Crippen molar-refractivity contribution in [1.29, 1.82) is 0 Å². The predicted octanol–water partition coefficient (Wildman–Crippen LogP) is -1.25. The van der Waals surface area contributed by atoms with Gasteiger partial charge in [-0.3, -0.25) is 4.79 Å². The second-order valence-electron chi connectivity index (χ2n) is 2.88.